The van der Waals surface area contributed by atoms with Gasteiger partial charge < -0.3 is 37.6 Å². The summed E-state index contributed by atoms with van der Waals surface area (Å²) in [5, 5.41) is 42.1. The van der Waals surface area contributed by atoms with E-state index in [9.17, 15) is 15.3 Å². The lowest BCUT2D eigenvalue weighted by Crippen LogP contribution is -3.00. The van der Waals surface area contributed by atoms with Gasteiger partial charge in [-0.25, -0.2) is 0 Å². The summed E-state index contributed by atoms with van der Waals surface area (Å²) in [6, 6.07) is 0. The summed E-state index contributed by atoms with van der Waals surface area (Å²) in [6.07, 6.45) is -6.26. The monoisotopic (exact) mass is 242 g/mol. The number of aliphatic hydroxyl groups excluding tert-OH is 4. The van der Waals surface area contributed by atoms with Crippen LogP contribution in [0.15, 0.2) is 0 Å². The van der Waals surface area contributed by atoms with Gasteiger partial charge in [-0.15, -0.1) is 0 Å². The molecule has 8 heteroatoms. The van der Waals surface area contributed by atoms with Crippen molar-refractivity contribution in [3.05, 3.63) is 0 Å². The van der Waals surface area contributed by atoms with Crippen LogP contribution in [0, 0.1) is 0 Å². The molecule has 0 spiro atoms. The Labute approximate surface area is 92.4 Å². The minimum absolute atomic E-state index is 0. The van der Waals surface area contributed by atoms with E-state index in [0.717, 1.165) is 0 Å². The van der Waals surface area contributed by atoms with Crippen molar-refractivity contribution in [3.8, 4) is 0 Å². The summed E-state index contributed by atoms with van der Waals surface area (Å²) in [5.41, 5.74) is 5.22. The molecule has 15 heavy (non-hydrogen) atoms. The number of hydrogen-bond donors (Lipinski definition) is 6. The molecule has 0 radical (unpaired) electrons. The third-order valence-corrected chi connectivity index (χ3v) is 2.22. The van der Waals surface area contributed by atoms with Crippen LogP contribution in [-0.2, 0) is 4.74 Å². The van der Waals surface area contributed by atoms with Crippen molar-refractivity contribution >= 4 is 5.84 Å². The number of rotatable bonds is 2. The summed E-state index contributed by atoms with van der Waals surface area (Å²) in [4.78, 5) is 0. The van der Waals surface area contributed by atoms with E-state index in [1.165, 1.54) is 0 Å². The Morgan fingerprint density at radius 1 is 1.20 bits per heavy atom. The van der Waals surface area contributed by atoms with E-state index in [4.69, 9.17) is 21.0 Å². The first-order valence-corrected chi connectivity index (χ1v) is 4.17. The smallest absolute Gasteiger partial charge is 0.270 e. The van der Waals surface area contributed by atoms with Gasteiger partial charge in [-0.1, -0.05) is 0 Å². The number of nitrogens with two attached hydrogens (primary N) is 2. The number of amidine groups is 1. The first-order chi connectivity index (χ1) is 6.49. The van der Waals surface area contributed by atoms with E-state index in [-0.39, 0.29) is 18.2 Å². The van der Waals surface area contributed by atoms with Crippen LogP contribution in [-0.4, -0.2) is 63.4 Å². The number of ether oxygens (including phenoxy) is 1. The highest BCUT2D eigenvalue weighted by atomic mass is 35.5. The van der Waals surface area contributed by atoms with Crippen LogP contribution in [0.3, 0.4) is 0 Å². The molecule has 7 nitrogen and oxygen atoms in total. The molecule has 5 unspecified atom stereocenters. The van der Waals surface area contributed by atoms with Crippen LogP contribution in [0.1, 0.15) is 0 Å². The average Bonchev–Trinajstić information content (AvgIpc) is 2.14. The Hall–Kier alpha value is -0.440. The Bertz CT molecular complexity index is 227. The highest BCUT2D eigenvalue weighted by Crippen LogP contribution is 2.20. The van der Waals surface area contributed by atoms with Gasteiger partial charge in [0.05, 0.1) is 6.61 Å². The minimum Gasteiger partial charge on any atom is -1.00 e. The molecule has 1 aliphatic heterocycles. The van der Waals surface area contributed by atoms with Gasteiger partial charge in [0.25, 0.3) is 5.84 Å². The highest BCUT2D eigenvalue weighted by Gasteiger charge is 2.46. The molecule has 1 saturated heterocycles. The lowest BCUT2D eigenvalue weighted by Gasteiger charge is -2.38. The average molecular weight is 243 g/mol. The van der Waals surface area contributed by atoms with E-state index in [0.29, 0.717) is 0 Å². The molecule has 5 atom stereocenters. The van der Waals surface area contributed by atoms with Crippen molar-refractivity contribution in [1.29, 1.82) is 0 Å². The van der Waals surface area contributed by atoms with E-state index in [1.54, 1.807) is 0 Å². The van der Waals surface area contributed by atoms with Crippen LogP contribution in [0.4, 0.5) is 0 Å². The summed E-state index contributed by atoms with van der Waals surface area (Å²) < 4.78 is 4.99. The van der Waals surface area contributed by atoms with Crippen LogP contribution < -0.4 is 23.5 Å². The standard InChI is InChI=1S/C7H14N2O5.ClH/c8-7(9)6-5(13)4(12)3(11)2(1-10)14-6;/h2-6,10-13H,1H2,(H3,8,9);1H. The third-order valence-electron chi connectivity index (χ3n) is 2.22. The first kappa shape index (κ1) is 14.6. The molecule has 0 aromatic carbocycles. The maximum atomic E-state index is 9.39. The fraction of sp³-hybridized carbons (Fsp3) is 0.857. The second kappa shape index (κ2) is 5.59. The predicted molar refractivity (Wildman–Crippen MR) is 44.9 cm³/mol. The van der Waals surface area contributed by atoms with E-state index in [2.05, 4.69) is 0 Å². The van der Waals surface area contributed by atoms with Crippen LogP contribution in [0.2, 0.25) is 0 Å². The Balaban J connectivity index is 0.00000196. The predicted octanol–water partition coefficient (Wildman–Crippen LogP) is -8.05. The molecule has 1 rings (SSSR count). The van der Waals surface area contributed by atoms with E-state index >= 15 is 0 Å². The number of halogens is 1. The van der Waals surface area contributed by atoms with Gasteiger partial charge in [0.2, 0.25) is 0 Å². The van der Waals surface area contributed by atoms with E-state index in [1.807, 2.05) is 0 Å². The zero-order valence-electron chi connectivity index (χ0n) is 7.82. The van der Waals surface area contributed by atoms with Crippen LogP contribution in [0.25, 0.3) is 0 Å². The second-order valence-corrected chi connectivity index (χ2v) is 3.25. The Morgan fingerprint density at radius 2 is 1.73 bits per heavy atom. The molecule has 8 N–H and O–H groups in total. The largest absolute Gasteiger partial charge is 1.00 e. The van der Waals surface area contributed by atoms with Gasteiger partial charge in [-0.2, -0.15) is 0 Å². The maximum Gasteiger partial charge on any atom is 0.270 e. The molecular weight excluding hydrogens is 228 g/mol. The first-order valence-electron chi connectivity index (χ1n) is 4.17. The summed E-state index contributed by atoms with van der Waals surface area (Å²) in [6.45, 7) is -0.491. The molecule has 0 bridgehead atoms. The fourth-order valence-corrected chi connectivity index (χ4v) is 1.38. The third kappa shape index (κ3) is 2.77. The fourth-order valence-electron chi connectivity index (χ4n) is 1.38. The Kier molecular flexibility index (Phi) is 5.43. The molecule has 0 amide bonds. The second-order valence-electron chi connectivity index (χ2n) is 3.25. The summed E-state index contributed by atoms with van der Waals surface area (Å²) in [7, 11) is 0. The maximum absolute atomic E-state index is 9.39. The lowest BCUT2D eigenvalue weighted by atomic mass is 9.95. The quantitative estimate of drug-likeness (QED) is 0.210. The molecule has 0 saturated carbocycles. The van der Waals surface area contributed by atoms with Crippen LogP contribution in [0.5, 0.6) is 0 Å². The molecule has 1 heterocycles. The lowest BCUT2D eigenvalue weighted by molar-refractivity contribution is -0.225. The summed E-state index contributed by atoms with van der Waals surface area (Å²) >= 11 is 0. The Morgan fingerprint density at radius 3 is 2.13 bits per heavy atom. The van der Waals surface area contributed by atoms with E-state index < -0.39 is 37.1 Å². The SMILES string of the molecule is NC(=[NH2+])C1OC(CO)C(O)C(O)C1O.[Cl-]. The van der Waals surface area contributed by atoms with Crippen molar-refractivity contribution in [2.45, 2.75) is 30.5 Å². The van der Waals surface area contributed by atoms with Crippen molar-refractivity contribution in [2.24, 2.45) is 5.73 Å². The van der Waals surface area contributed by atoms with Gasteiger partial charge in [0.15, 0.2) is 6.10 Å². The molecule has 0 aliphatic carbocycles. The molecular formula is C7H15ClN2O5. The number of hydrogen-bond acceptors (Lipinski definition) is 5. The van der Waals surface area contributed by atoms with Gasteiger partial charge in [0.1, 0.15) is 24.4 Å². The molecule has 0 aromatic rings. The van der Waals surface area contributed by atoms with Crippen molar-refractivity contribution < 1.29 is 43.0 Å². The van der Waals surface area contributed by atoms with Crippen LogP contribution >= 0.6 is 0 Å². The number of aliphatic hydroxyl groups is 4. The topological polar surface area (TPSA) is 142 Å². The minimum atomic E-state index is -1.44. The van der Waals surface area contributed by atoms with Crippen molar-refractivity contribution in [1.82, 2.24) is 0 Å². The molecule has 0 aromatic heterocycles. The highest BCUT2D eigenvalue weighted by molar-refractivity contribution is 5.79. The van der Waals surface area contributed by atoms with Crippen molar-refractivity contribution in [2.75, 3.05) is 6.61 Å². The summed E-state index contributed by atoms with van der Waals surface area (Å²) in [5.74, 6) is -0.207. The molecule has 1 fully saturated rings. The molecule has 1 aliphatic rings. The van der Waals surface area contributed by atoms with Gasteiger partial charge in [-0.05, 0) is 0 Å². The zero-order valence-corrected chi connectivity index (χ0v) is 8.58. The zero-order chi connectivity index (χ0) is 10.9. The van der Waals surface area contributed by atoms with Gasteiger partial charge in [0, 0.05) is 0 Å². The molecule has 90 valence electrons. The van der Waals surface area contributed by atoms with Gasteiger partial charge in [-0.3, -0.25) is 11.1 Å². The van der Waals surface area contributed by atoms with Crippen molar-refractivity contribution in [3.63, 3.8) is 0 Å². The normalized spacial score (nSPS) is 40.7. The van der Waals surface area contributed by atoms with Gasteiger partial charge >= 0.3 is 0 Å².